The van der Waals surface area contributed by atoms with Crippen molar-refractivity contribution in [3.8, 4) is 5.75 Å². The second-order valence-corrected chi connectivity index (χ2v) is 7.42. The molecular formula is C22H22F3N3O3. The largest absolute Gasteiger partial charge is 0.493 e. The van der Waals surface area contributed by atoms with Crippen LogP contribution in [0.3, 0.4) is 0 Å². The molecule has 0 unspecified atom stereocenters. The van der Waals surface area contributed by atoms with Gasteiger partial charge in [-0.25, -0.2) is 0 Å². The Bertz CT molecular complexity index is 1060. The van der Waals surface area contributed by atoms with Crippen molar-refractivity contribution in [1.29, 1.82) is 0 Å². The van der Waals surface area contributed by atoms with Crippen molar-refractivity contribution in [3.63, 3.8) is 0 Å². The predicted molar refractivity (Wildman–Crippen MR) is 110 cm³/mol. The van der Waals surface area contributed by atoms with Crippen molar-refractivity contribution in [2.45, 2.75) is 12.6 Å². The van der Waals surface area contributed by atoms with Crippen molar-refractivity contribution in [1.82, 2.24) is 10.0 Å². The fourth-order valence-corrected chi connectivity index (χ4v) is 3.44. The van der Waals surface area contributed by atoms with E-state index >= 15 is 0 Å². The maximum atomic E-state index is 12.6. The molecule has 164 valence electrons. The number of carbonyl (C=O) groups excluding carboxylic acids is 1. The summed E-state index contributed by atoms with van der Waals surface area (Å²) in [6.45, 7) is 1.45. The highest BCUT2D eigenvalue weighted by Gasteiger charge is 2.33. The van der Waals surface area contributed by atoms with Crippen LogP contribution in [0.25, 0.3) is 10.9 Å². The smallest absolute Gasteiger partial charge is 0.416 e. The number of anilines is 1. The maximum Gasteiger partial charge on any atom is 0.416 e. The normalized spacial score (nSPS) is 15.1. The molecular weight excluding hydrogens is 411 g/mol. The van der Waals surface area contributed by atoms with Crippen LogP contribution in [-0.4, -0.2) is 42.8 Å². The number of fused-ring (bicyclic) bond motifs is 1. The van der Waals surface area contributed by atoms with Crippen LogP contribution in [0, 0.1) is 5.92 Å². The summed E-state index contributed by atoms with van der Waals surface area (Å²) in [7, 11) is 1.58. The Labute approximate surface area is 176 Å². The van der Waals surface area contributed by atoms with Gasteiger partial charge < -0.3 is 19.9 Å². The van der Waals surface area contributed by atoms with Gasteiger partial charge in [-0.1, -0.05) is 6.07 Å². The predicted octanol–water partition coefficient (Wildman–Crippen LogP) is 4.24. The Morgan fingerprint density at radius 1 is 1.19 bits per heavy atom. The molecule has 0 bridgehead atoms. The summed E-state index contributed by atoms with van der Waals surface area (Å²) in [5, 5.41) is 5.57. The summed E-state index contributed by atoms with van der Waals surface area (Å²) in [6.07, 6.45) is -2.03. The van der Waals surface area contributed by atoms with Crippen molar-refractivity contribution < 1.29 is 27.5 Å². The number of aromatic amines is 1. The van der Waals surface area contributed by atoms with Gasteiger partial charge in [0.1, 0.15) is 5.75 Å². The molecule has 6 nitrogen and oxygen atoms in total. The first-order valence-corrected chi connectivity index (χ1v) is 9.83. The third-order valence-corrected chi connectivity index (χ3v) is 5.32. The van der Waals surface area contributed by atoms with Gasteiger partial charge in [-0.15, -0.1) is 0 Å². The third-order valence-electron chi connectivity index (χ3n) is 5.32. The Kier molecular flexibility index (Phi) is 5.88. The van der Waals surface area contributed by atoms with Gasteiger partial charge >= 0.3 is 6.18 Å². The molecule has 9 heteroatoms. The Morgan fingerprint density at radius 3 is 2.61 bits per heavy atom. The molecule has 2 aromatic carbocycles. The minimum absolute atomic E-state index is 0.0507. The van der Waals surface area contributed by atoms with Gasteiger partial charge in [0, 0.05) is 36.6 Å². The molecule has 3 aromatic rings. The summed E-state index contributed by atoms with van der Waals surface area (Å²) in [5.41, 5.74) is 1.89. The molecule has 1 fully saturated rings. The van der Waals surface area contributed by atoms with Gasteiger partial charge in [-0.2, -0.15) is 18.2 Å². The lowest BCUT2D eigenvalue weighted by Crippen LogP contribution is -2.51. The standard InChI is InChI=1S/C22H22F3N3O3/c1-30-28-12-15(13-28)21(29)27-20-11-26-19-7-2-14(10-18(19)20)8-9-31-17-5-3-16(4-6-17)22(23,24)25/h2-7,10-11,15,26H,8-9,12-13H2,1H3,(H,27,29). The Hall–Kier alpha value is -3.04. The first-order valence-electron chi connectivity index (χ1n) is 9.83. The number of ether oxygens (including phenoxy) is 1. The number of hydrogen-bond donors (Lipinski definition) is 2. The molecule has 0 saturated carbocycles. The summed E-state index contributed by atoms with van der Waals surface area (Å²) >= 11 is 0. The zero-order valence-electron chi connectivity index (χ0n) is 16.8. The van der Waals surface area contributed by atoms with Gasteiger partial charge in [-0.05, 0) is 42.0 Å². The van der Waals surface area contributed by atoms with E-state index in [-0.39, 0.29) is 11.8 Å². The molecule has 0 aliphatic carbocycles. The maximum absolute atomic E-state index is 12.6. The Morgan fingerprint density at radius 2 is 1.94 bits per heavy atom. The summed E-state index contributed by atoms with van der Waals surface area (Å²) < 4.78 is 43.5. The molecule has 2 N–H and O–H groups in total. The fourth-order valence-electron chi connectivity index (χ4n) is 3.44. The van der Waals surface area contributed by atoms with Crippen molar-refractivity contribution in [2.24, 2.45) is 5.92 Å². The van der Waals surface area contributed by atoms with Gasteiger partial charge in [0.25, 0.3) is 0 Å². The quantitative estimate of drug-likeness (QED) is 0.585. The molecule has 0 radical (unpaired) electrons. The van der Waals surface area contributed by atoms with Gasteiger partial charge in [0.2, 0.25) is 5.91 Å². The van der Waals surface area contributed by atoms with Crippen LogP contribution >= 0.6 is 0 Å². The number of carbonyl (C=O) groups is 1. The molecule has 1 amide bonds. The third kappa shape index (κ3) is 4.83. The summed E-state index contributed by atoms with van der Waals surface area (Å²) in [6, 6.07) is 10.5. The van der Waals surface area contributed by atoms with Gasteiger partial charge in [-0.3, -0.25) is 4.79 Å². The molecule has 31 heavy (non-hydrogen) atoms. The van der Waals surface area contributed by atoms with E-state index in [0.29, 0.717) is 37.6 Å². The van der Waals surface area contributed by atoms with E-state index in [1.54, 1.807) is 18.4 Å². The molecule has 1 aromatic heterocycles. The number of aromatic nitrogens is 1. The number of hydroxylamine groups is 2. The monoisotopic (exact) mass is 433 g/mol. The number of benzene rings is 2. The number of H-pyrrole nitrogens is 1. The number of rotatable bonds is 7. The number of alkyl halides is 3. The van der Waals surface area contributed by atoms with Gasteiger partial charge in [0.15, 0.2) is 0 Å². The van der Waals surface area contributed by atoms with E-state index in [0.717, 1.165) is 28.6 Å². The Balaban J connectivity index is 1.35. The average Bonchev–Trinajstić information content (AvgIpc) is 3.09. The van der Waals surface area contributed by atoms with Crippen molar-refractivity contribution >= 4 is 22.5 Å². The van der Waals surface area contributed by atoms with Crippen LogP contribution in [0.15, 0.2) is 48.7 Å². The van der Waals surface area contributed by atoms with E-state index < -0.39 is 11.7 Å². The van der Waals surface area contributed by atoms with E-state index in [1.165, 1.54) is 12.1 Å². The van der Waals surface area contributed by atoms with Gasteiger partial charge in [0.05, 0.1) is 30.9 Å². The first kappa shape index (κ1) is 21.2. The van der Waals surface area contributed by atoms with Crippen LogP contribution < -0.4 is 10.1 Å². The molecule has 1 aliphatic rings. The summed E-state index contributed by atoms with van der Waals surface area (Å²) in [4.78, 5) is 20.6. The van der Waals surface area contributed by atoms with E-state index in [4.69, 9.17) is 9.57 Å². The number of nitrogens with zero attached hydrogens (tertiary/aromatic N) is 1. The number of nitrogens with one attached hydrogen (secondary N) is 2. The van der Waals surface area contributed by atoms with E-state index in [2.05, 4.69) is 10.3 Å². The highest BCUT2D eigenvalue weighted by atomic mass is 19.4. The van der Waals surface area contributed by atoms with Crippen molar-refractivity contribution in [2.75, 3.05) is 32.1 Å². The highest BCUT2D eigenvalue weighted by molar-refractivity contribution is 6.02. The van der Waals surface area contributed by atoms with E-state index in [9.17, 15) is 18.0 Å². The molecule has 4 rings (SSSR count). The molecule has 0 atom stereocenters. The lowest BCUT2D eigenvalue weighted by atomic mass is 10.0. The lowest BCUT2D eigenvalue weighted by Gasteiger charge is -2.35. The number of halogens is 3. The zero-order valence-corrected chi connectivity index (χ0v) is 16.8. The SMILES string of the molecule is CON1CC(C(=O)Nc2c[nH]c3ccc(CCOc4ccc(C(F)(F)F)cc4)cc23)C1. The van der Waals surface area contributed by atoms with Crippen LogP contribution in [0.5, 0.6) is 5.75 Å². The van der Waals surface area contributed by atoms with Crippen LogP contribution in [0.4, 0.5) is 18.9 Å². The molecule has 2 heterocycles. The second kappa shape index (κ2) is 8.60. The summed E-state index contributed by atoms with van der Waals surface area (Å²) in [5.74, 6) is 0.227. The molecule has 1 aliphatic heterocycles. The topological polar surface area (TPSA) is 66.6 Å². The van der Waals surface area contributed by atoms with Crippen molar-refractivity contribution in [3.05, 3.63) is 59.8 Å². The lowest BCUT2D eigenvalue weighted by molar-refractivity contribution is -0.197. The first-order chi connectivity index (χ1) is 14.8. The van der Waals surface area contributed by atoms with Crippen LogP contribution in [-0.2, 0) is 22.2 Å². The average molecular weight is 433 g/mol. The van der Waals surface area contributed by atoms with Crippen LogP contribution in [0.2, 0.25) is 0 Å². The highest BCUT2D eigenvalue weighted by Crippen LogP contribution is 2.30. The fraction of sp³-hybridized carbons (Fsp3) is 0.318. The minimum Gasteiger partial charge on any atom is -0.493 e. The number of hydrogen-bond acceptors (Lipinski definition) is 4. The molecule has 0 spiro atoms. The number of amides is 1. The second-order valence-electron chi connectivity index (χ2n) is 7.42. The molecule has 1 saturated heterocycles. The van der Waals surface area contributed by atoms with E-state index in [1.807, 2.05) is 18.2 Å². The van der Waals surface area contributed by atoms with Crippen LogP contribution in [0.1, 0.15) is 11.1 Å². The minimum atomic E-state index is -4.36. The zero-order chi connectivity index (χ0) is 22.0.